The second-order valence-electron chi connectivity index (χ2n) is 7.61. The predicted molar refractivity (Wildman–Crippen MR) is 131 cm³/mol. The molecule has 5 rings (SSSR count). The Morgan fingerprint density at radius 1 is 0.970 bits per heavy atom. The molecule has 5 heteroatoms. The summed E-state index contributed by atoms with van der Waals surface area (Å²) in [5, 5.41) is 12.1. The summed E-state index contributed by atoms with van der Waals surface area (Å²) in [6, 6.07) is 30.0. The van der Waals surface area contributed by atoms with E-state index in [4.69, 9.17) is 9.47 Å². The van der Waals surface area contributed by atoms with E-state index < -0.39 is 0 Å². The molecule has 0 spiro atoms. The summed E-state index contributed by atoms with van der Waals surface area (Å²) in [6.45, 7) is 0.426. The van der Waals surface area contributed by atoms with Gasteiger partial charge >= 0.3 is 0 Å². The number of allylic oxidation sites excluding steroid dienone is 1. The lowest BCUT2D eigenvalue weighted by molar-refractivity contribution is 0.285. The van der Waals surface area contributed by atoms with Crippen molar-refractivity contribution >= 4 is 33.5 Å². The lowest BCUT2D eigenvalue weighted by atomic mass is 10.1. The SMILES string of the molecule is COc1cc(/C=C(\C#N)c2nc3ccccc3[nH]2)ccc1OCc1cccc2ccccc12. The second kappa shape index (κ2) is 8.89. The van der Waals surface area contributed by atoms with E-state index in [0.717, 1.165) is 22.2 Å². The standard InChI is InChI=1S/C28H21N3O2/c1-32-27-16-19(15-22(17-29)28-30-24-11-4-5-12-25(24)31-28)13-14-26(27)33-18-21-9-6-8-20-7-2-3-10-23(20)21/h2-16H,18H2,1H3,(H,30,31)/b22-15+. The molecule has 0 saturated heterocycles. The largest absolute Gasteiger partial charge is 0.493 e. The molecule has 0 saturated carbocycles. The van der Waals surface area contributed by atoms with Crippen LogP contribution in [0.2, 0.25) is 0 Å². The maximum atomic E-state index is 9.71. The van der Waals surface area contributed by atoms with E-state index in [1.807, 2.05) is 60.7 Å². The number of H-pyrrole nitrogens is 1. The Morgan fingerprint density at radius 3 is 2.64 bits per heavy atom. The van der Waals surface area contributed by atoms with Gasteiger partial charge < -0.3 is 14.5 Å². The van der Waals surface area contributed by atoms with Crippen LogP contribution in [0.25, 0.3) is 33.5 Å². The van der Waals surface area contributed by atoms with Crippen LogP contribution >= 0.6 is 0 Å². The molecule has 0 unspecified atom stereocenters. The fourth-order valence-electron chi connectivity index (χ4n) is 3.87. The highest BCUT2D eigenvalue weighted by Gasteiger charge is 2.10. The van der Waals surface area contributed by atoms with E-state index in [-0.39, 0.29) is 0 Å². The fourth-order valence-corrected chi connectivity index (χ4v) is 3.87. The molecular formula is C28H21N3O2. The van der Waals surface area contributed by atoms with Crippen molar-refractivity contribution in [2.24, 2.45) is 0 Å². The third-order valence-corrected chi connectivity index (χ3v) is 5.53. The van der Waals surface area contributed by atoms with Crippen LogP contribution in [0, 0.1) is 11.3 Å². The Morgan fingerprint density at radius 2 is 1.79 bits per heavy atom. The molecule has 0 amide bonds. The topological polar surface area (TPSA) is 70.9 Å². The van der Waals surface area contributed by atoms with Gasteiger partial charge in [0.15, 0.2) is 11.5 Å². The molecule has 4 aromatic carbocycles. The van der Waals surface area contributed by atoms with Crippen LogP contribution in [0.1, 0.15) is 17.0 Å². The number of aromatic amines is 1. The Balaban J connectivity index is 1.41. The minimum atomic E-state index is 0.426. The highest BCUT2D eigenvalue weighted by atomic mass is 16.5. The number of imidazole rings is 1. The first-order valence-corrected chi connectivity index (χ1v) is 10.6. The first kappa shape index (κ1) is 20.3. The molecule has 5 aromatic rings. The monoisotopic (exact) mass is 431 g/mol. The first-order chi connectivity index (χ1) is 16.2. The fraction of sp³-hybridized carbons (Fsp3) is 0.0714. The molecule has 33 heavy (non-hydrogen) atoms. The molecule has 0 radical (unpaired) electrons. The molecule has 0 aliphatic rings. The zero-order chi connectivity index (χ0) is 22.6. The van der Waals surface area contributed by atoms with E-state index in [2.05, 4.69) is 40.3 Å². The Labute approximate surface area is 191 Å². The summed E-state index contributed by atoms with van der Waals surface area (Å²) in [5.74, 6) is 1.78. The van der Waals surface area contributed by atoms with E-state index >= 15 is 0 Å². The zero-order valence-electron chi connectivity index (χ0n) is 18.1. The molecule has 1 heterocycles. The Hall–Kier alpha value is -4.56. The van der Waals surface area contributed by atoms with Crippen LogP contribution in [0.15, 0.2) is 84.9 Å². The summed E-state index contributed by atoms with van der Waals surface area (Å²) >= 11 is 0. The summed E-state index contributed by atoms with van der Waals surface area (Å²) in [5.41, 5.74) is 4.08. The summed E-state index contributed by atoms with van der Waals surface area (Å²) in [6.07, 6.45) is 1.79. The van der Waals surface area contributed by atoms with Gasteiger partial charge in [0.05, 0.1) is 23.7 Å². The van der Waals surface area contributed by atoms with Gasteiger partial charge in [-0.15, -0.1) is 0 Å². The number of ether oxygens (including phenoxy) is 2. The van der Waals surface area contributed by atoms with E-state index in [1.165, 1.54) is 10.8 Å². The lowest BCUT2D eigenvalue weighted by Gasteiger charge is -2.13. The number of nitrogens with one attached hydrogen (secondary N) is 1. The summed E-state index contributed by atoms with van der Waals surface area (Å²) in [7, 11) is 1.61. The molecule has 5 nitrogen and oxygen atoms in total. The third-order valence-electron chi connectivity index (χ3n) is 5.53. The van der Waals surface area contributed by atoms with Gasteiger partial charge in [-0.05, 0) is 52.2 Å². The number of fused-ring (bicyclic) bond motifs is 2. The number of hydrogen-bond acceptors (Lipinski definition) is 4. The number of nitriles is 1. The van der Waals surface area contributed by atoms with Crippen LogP contribution in [0.5, 0.6) is 11.5 Å². The smallest absolute Gasteiger partial charge is 0.161 e. The molecule has 0 atom stereocenters. The van der Waals surface area contributed by atoms with Crippen LogP contribution in [0.3, 0.4) is 0 Å². The van der Waals surface area contributed by atoms with E-state index in [0.29, 0.717) is 29.5 Å². The number of para-hydroxylation sites is 2. The van der Waals surface area contributed by atoms with Gasteiger partial charge in [0.2, 0.25) is 0 Å². The molecule has 1 aromatic heterocycles. The number of methoxy groups -OCH3 is 1. The molecule has 1 N–H and O–H groups in total. The number of hydrogen-bond donors (Lipinski definition) is 1. The minimum absolute atomic E-state index is 0.426. The predicted octanol–water partition coefficient (Wildman–Crippen LogP) is 6.37. The summed E-state index contributed by atoms with van der Waals surface area (Å²) in [4.78, 5) is 7.73. The van der Waals surface area contributed by atoms with E-state index in [1.54, 1.807) is 13.2 Å². The van der Waals surface area contributed by atoms with Crippen LogP contribution in [-0.2, 0) is 6.61 Å². The normalized spacial score (nSPS) is 11.5. The maximum Gasteiger partial charge on any atom is 0.161 e. The minimum Gasteiger partial charge on any atom is -0.493 e. The van der Waals surface area contributed by atoms with Gasteiger partial charge in [-0.2, -0.15) is 5.26 Å². The van der Waals surface area contributed by atoms with Gasteiger partial charge in [-0.25, -0.2) is 4.98 Å². The maximum absolute atomic E-state index is 9.71. The Kier molecular flexibility index (Phi) is 5.48. The van der Waals surface area contributed by atoms with E-state index in [9.17, 15) is 5.26 Å². The molecule has 0 bridgehead atoms. The van der Waals surface area contributed by atoms with Crippen molar-refractivity contribution < 1.29 is 9.47 Å². The van der Waals surface area contributed by atoms with Crippen LogP contribution in [-0.4, -0.2) is 17.1 Å². The second-order valence-corrected chi connectivity index (χ2v) is 7.61. The molecule has 0 aliphatic carbocycles. The van der Waals surface area contributed by atoms with Crippen molar-refractivity contribution in [1.29, 1.82) is 5.26 Å². The average Bonchev–Trinajstić information content (AvgIpc) is 3.30. The highest BCUT2D eigenvalue weighted by molar-refractivity contribution is 5.90. The van der Waals surface area contributed by atoms with Crippen molar-refractivity contribution in [3.8, 4) is 17.6 Å². The first-order valence-electron chi connectivity index (χ1n) is 10.6. The number of rotatable bonds is 6. The molecule has 0 fully saturated rings. The van der Waals surface area contributed by atoms with Crippen molar-refractivity contribution in [2.45, 2.75) is 6.61 Å². The molecular weight excluding hydrogens is 410 g/mol. The Bertz CT molecular complexity index is 1490. The zero-order valence-corrected chi connectivity index (χ0v) is 18.1. The quantitative estimate of drug-likeness (QED) is 0.317. The van der Waals surface area contributed by atoms with Gasteiger partial charge in [-0.1, -0.05) is 60.7 Å². The van der Waals surface area contributed by atoms with Crippen molar-refractivity contribution in [3.63, 3.8) is 0 Å². The number of aromatic nitrogens is 2. The third kappa shape index (κ3) is 4.15. The van der Waals surface area contributed by atoms with Crippen LogP contribution in [0.4, 0.5) is 0 Å². The van der Waals surface area contributed by atoms with Gasteiger partial charge in [0.25, 0.3) is 0 Å². The number of benzene rings is 4. The van der Waals surface area contributed by atoms with Crippen molar-refractivity contribution in [1.82, 2.24) is 9.97 Å². The van der Waals surface area contributed by atoms with Crippen molar-refractivity contribution in [3.05, 3.63) is 102 Å². The summed E-state index contributed by atoms with van der Waals surface area (Å²) < 4.78 is 11.7. The van der Waals surface area contributed by atoms with Crippen molar-refractivity contribution in [2.75, 3.05) is 7.11 Å². The molecule has 0 aliphatic heterocycles. The number of nitrogens with zero attached hydrogens (tertiary/aromatic N) is 2. The average molecular weight is 431 g/mol. The van der Waals surface area contributed by atoms with Gasteiger partial charge in [0.1, 0.15) is 18.5 Å². The molecule has 160 valence electrons. The lowest BCUT2D eigenvalue weighted by Crippen LogP contribution is -1.99. The van der Waals surface area contributed by atoms with Crippen LogP contribution < -0.4 is 9.47 Å². The highest BCUT2D eigenvalue weighted by Crippen LogP contribution is 2.31. The van der Waals surface area contributed by atoms with Gasteiger partial charge in [0, 0.05) is 0 Å². The van der Waals surface area contributed by atoms with Gasteiger partial charge in [-0.3, -0.25) is 0 Å².